The lowest BCUT2D eigenvalue weighted by Crippen LogP contribution is -2.40. The van der Waals surface area contributed by atoms with Gasteiger partial charge in [0.1, 0.15) is 0 Å². The fourth-order valence-corrected chi connectivity index (χ4v) is 4.18. The topological polar surface area (TPSA) is 21.3 Å². The zero-order chi connectivity index (χ0) is 13.0. The predicted octanol–water partition coefficient (Wildman–Crippen LogP) is 3.61. The maximum absolute atomic E-state index is 5.81. The lowest BCUT2D eigenvalue weighted by Gasteiger charge is -2.38. The molecule has 106 valence electrons. The Labute approximate surface area is 113 Å². The fourth-order valence-electron chi connectivity index (χ4n) is 4.18. The molecule has 0 aliphatic heterocycles. The molecule has 2 aliphatic rings. The van der Waals surface area contributed by atoms with Gasteiger partial charge in [0, 0.05) is 13.2 Å². The maximum Gasteiger partial charge on any atom is 0.0518 e. The van der Waals surface area contributed by atoms with E-state index in [0.29, 0.717) is 11.5 Å². The van der Waals surface area contributed by atoms with Crippen molar-refractivity contribution in [3.63, 3.8) is 0 Å². The molecule has 3 unspecified atom stereocenters. The average molecular weight is 253 g/mol. The summed E-state index contributed by atoms with van der Waals surface area (Å²) in [5.74, 6) is 2.00. The molecule has 3 atom stereocenters. The van der Waals surface area contributed by atoms with Gasteiger partial charge in [-0.2, -0.15) is 0 Å². The molecule has 0 saturated heterocycles. The number of ether oxygens (including phenoxy) is 1. The number of hydrogen-bond acceptors (Lipinski definition) is 2. The van der Waals surface area contributed by atoms with Gasteiger partial charge in [0.25, 0.3) is 0 Å². The average Bonchev–Trinajstić information content (AvgIpc) is 2.89. The molecule has 0 heterocycles. The van der Waals surface area contributed by atoms with Crippen LogP contribution in [0, 0.1) is 17.3 Å². The summed E-state index contributed by atoms with van der Waals surface area (Å²) in [5, 5.41) is 3.69. The Kier molecular flexibility index (Phi) is 5.08. The molecule has 2 fully saturated rings. The van der Waals surface area contributed by atoms with Gasteiger partial charge in [-0.3, -0.25) is 0 Å². The second kappa shape index (κ2) is 6.38. The van der Waals surface area contributed by atoms with Gasteiger partial charge in [0.05, 0.1) is 6.10 Å². The summed E-state index contributed by atoms with van der Waals surface area (Å²) in [6, 6.07) is 0. The highest BCUT2D eigenvalue weighted by Gasteiger charge is 2.49. The van der Waals surface area contributed by atoms with Crippen LogP contribution in [0.3, 0.4) is 0 Å². The lowest BCUT2D eigenvalue weighted by molar-refractivity contribution is 0.0324. The van der Waals surface area contributed by atoms with E-state index < -0.39 is 0 Å². The van der Waals surface area contributed by atoms with Crippen molar-refractivity contribution in [3.8, 4) is 0 Å². The summed E-state index contributed by atoms with van der Waals surface area (Å²) in [4.78, 5) is 0. The van der Waals surface area contributed by atoms with Crippen molar-refractivity contribution < 1.29 is 4.74 Å². The summed E-state index contributed by atoms with van der Waals surface area (Å²) >= 11 is 0. The van der Waals surface area contributed by atoms with Gasteiger partial charge in [0.2, 0.25) is 0 Å². The summed E-state index contributed by atoms with van der Waals surface area (Å²) in [7, 11) is 0. The normalized spacial score (nSPS) is 34.7. The van der Waals surface area contributed by atoms with Gasteiger partial charge in [-0.05, 0) is 69.7 Å². The Bertz CT molecular complexity index is 253. The highest BCUT2D eigenvalue weighted by atomic mass is 16.5. The highest BCUT2D eigenvalue weighted by Crippen LogP contribution is 2.57. The molecule has 2 rings (SSSR count). The number of rotatable bonds is 8. The van der Waals surface area contributed by atoms with Crippen molar-refractivity contribution in [2.24, 2.45) is 17.3 Å². The second-order valence-corrected chi connectivity index (χ2v) is 6.79. The van der Waals surface area contributed by atoms with E-state index in [1.165, 1.54) is 51.6 Å². The van der Waals surface area contributed by atoms with Crippen LogP contribution in [0.4, 0.5) is 0 Å². The van der Waals surface area contributed by atoms with Crippen LogP contribution in [0.25, 0.3) is 0 Å². The highest BCUT2D eigenvalue weighted by molar-refractivity contribution is 5.01. The van der Waals surface area contributed by atoms with Crippen LogP contribution in [-0.2, 0) is 4.74 Å². The Morgan fingerprint density at radius 1 is 1.33 bits per heavy atom. The Hall–Kier alpha value is -0.0800. The molecule has 0 aromatic carbocycles. The third-order valence-electron chi connectivity index (χ3n) is 5.06. The van der Waals surface area contributed by atoms with Gasteiger partial charge in [-0.25, -0.2) is 0 Å². The molecule has 18 heavy (non-hydrogen) atoms. The molecule has 2 bridgehead atoms. The van der Waals surface area contributed by atoms with Crippen molar-refractivity contribution >= 4 is 0 Å². The molecule has 0 spiro atoms. The first-order chi connectivity index (χ1) is 8.66. The Balaban J connectivity index is 1.86. The minimum atomic E-state index is 0.379. The zero-order valence-electron chi connectivity index (χ0n) is 12.5. The van der Waals surface area contributed by atoms with E-state index in [-0.39, 0.29) is 0 Å². The largest absolute Gasteiger partial charge is 0.379 e. The quantitative estimate of drug-likeness (QED) is 0.667. The Morgan fingerprint density at radius 2 is 2.17 bits per heavy atom. The van der Waals surface area contributed by atoms with E-state index in [2.05, 4.69) is 26.1 Å². The molecule has 1 N–H and O–H groups in total. The van der Waals surface area contributed by atoms with Crippen LogP contribution in [0.1, 0.15) is 59.3 Å². The third kappa shape index (κ3) is 3.27. The standard InChI is InChI=1S/C16H31NO/c1-4-8-17-12-16(7-9-18-13(2)3)11-14-5-6-15(16)10-14/h13-15,17H,4-12H2,1-3H3. The second-order valence-electron chi connectivity index (χ2n) is 6.79. The van der Waals surface area contributed by atoms with Gasteiger partial charge >= 0.3 is 0 Å². The number of fused-ring (bicyclic) bond motifs is 2. The smallest absolute Gasteiger partial charge is 0.0518 e. The molecule has 0 amide bonds. The zero-order valence-corrected chi connectivity index (χ0v) is 12.5. The molecule has 2 saturated carbocycles. The Morgan fingerprint density at radius 3 is 2.72 bits per heavy atom. The van der Waals surface area contributed by atoms with Gasteiger partial charge < -0.3 is 10.1 Å². The first kappa shape index (κ1) is 14.3. The van der Waals surface area contributed by atoms with Crippen LogP contribution in [0.15, 0.2) is 0 Å². The first-order valence-corrected chi connectivity index (χ1v) is 7.98. The molecule has 0 aromatic heterocycles. The summed E-state index contributed by atoms with van der Waals surface area (Å²) in [5.41, 5.74) is 0.562. The molecular formula is C16H31NO. The minimum absolute atomic E-state index is 0.379. The first-order valence-electron chi connectivity index (χ1n) is 7.98. The molecule has 0 radical (unpaired) electrons. The SMILES string of the molecule is CCCNCC1(CCOC(C)C)CC2CCC1C2. The van der Waals surface area contributed by atoms with Crippen LogP contribution < -0.4 is 5.32 Å². The van der Waals surface area contributed by atoms with E-state index in [0.717, 1.165) is 18.4 Å². The van der Waals surface area contributed by atoms with E-state index in [1.807, 2.05) is 0 Å². The van der Waals surface area contributed by atoms with Crippen molar-refractivity contribution in [3.05, 3.63) is 0 Å². The molecule has 2 nitrogen and oxygen atoms in total. The summed E-state index contributed by atoms with van der Waals surface area (Å²) < 4.78 is 5.81. The van der Waals surface area contributed by atoms with Gasteiger partial charge in [-0.1, -0.05) is 13.3 Å². The van der Waals surface area contributed by atoms with E-state index in [4.69, 9.17) is 4.74 Å². The van der Waals surface area contributed by atoms with Crippen LogP contribution in [-0.4, -0.2) is 25.8 Å². The van der Waals surface area contributed by atoms with Crippen LogP contribution >= 0.6 is 0 Å². The fraction of sp³-hybridized carbons (Fsp3) is 1.00. The van der Waals surface area contributed by atoms with Crippen molar-refractivity contribution in [1.29, 1.82) is 0 Å². The monoisotopic (exact) mass is 253 g/mol. The van der Waals surface area contributed by atoms with Gasteiger partial charge in [0.15, 0.2) is 0 Å². The minimum Gasteiger partial charge on any atom is -0.379 e. The van der Waals surface area contributed by atoms with E-state index in [1.54, 1.807) is 0 Å². The van der Waals surface area contributed by atoms with Crippen molar-refractivity contribution in [1.82, 2.24) is 5.32 Å². The molecule has 0 aromatic rings. The predicted molar refractivity (Wildman–Crippen MR) is 76.7 cm³/mol. The molecule has 2 heteroatoms. The van der Waals surface area contributed by atoms with Crippen LogP contribution in [0.2, 0.25) is 0 Å². The molecular weight excluding hydrogens is 222 g/mol. The van der Waals surface area contributed by atoms with E-state index in [9.17, 15) is 0 Å². The number of nitrogens with one attached hydrogen (secondary N) is 1. The third-order valence-corrected chi connectivity index (χ3v) is 5.06. The van der Waals surface area contributed by atoms with Crippen molar-refractivity contribution in [2.45, 2.75) is 65.4 Å². The van der Waals surface area contributed by atoms with Crippen LogP contribution in [0.5, 0.6) is 0 Å². The van der Waals surface area contributed by atoms with Gasteiger partial charge in [-0.15, -0.1) is 0 Å². The number of hydrogen-bond donors (Lipinski definition) is 1. The summed E-state index contributed by atoms with van der Waals surface area (Å²) in [6.07, 6.45) is 8.80. The maximum atomic E-state index is 5.81. The van der Waals surface area contributed by atoms with Crippen molar-refractivity contribution in [2.75, 3.05) is 19.7 Å². The van der Waals surface area contributed by atoms with E-state index >= 15 is 0 Å². The lowest BCUT2D eigenvalue weighted by atomic mass is 9.71. The molecule has 2 aliphatic carbocycles. The summed E-state index contributed by atoms with van der Waals surface area (Å²) in [6.45, 7) is 9.89.